The van der Waals surface area contributed by atoms with Crippen molar-refractivity contribution in [3.63, 3.8) is 0 Å². The molecule has 9 nitrogen and oxygen atoms in total. The van der Waals surface area contributed by atoms with Crippen molar-refractivity contribution in [3.05, 3.63) is 56.6 Å². The van der Waals surface area contributed by atoms with Crippen LogP contribution >= 0.6 is 11.6 Å². The van der Waals surface area contributed by atoms with Crippen molar-refractivity contribution in [2.45, 2.75) is 13.3 Å². The van der Waals surface area contributed by atoms with Crippen molar-refractivity contribution in [1.29, 1.82) is 0 Å². The number of esters is 1. The number of nitro groups is 1. The standard InChI is InChI=1S/C19H17ClN2O7/c1-11-3-4-13(9-15(11)22(25)26)21-17(23)10-29-19(24)12-7-14(20)18-16(8-12)27-5-2-6-28-18/h3-4,7-9H,2,5-6,10H2,1H3,(H,21,23). The molecule has 2 aromatic rings. The lowest BCUT2D eigenvalue weighted by Gasteiger charge is -2.11. The van der Waals surface area contributed by atoms with E-state index in [0.717, 1.165) is 0 Å². The Morgan fingerprint density at radius 1 is 1.24 bits per heavy atom. The normalized spacial score (nSPS) is 12.6. The fourth-order valence-electron chi connectivity index (χ4n) is 2.64. The molecule has 1 heterocycles. The molecule has 0 aliphatic carbocycles. The summed E-state index contributed by atoms with van der Waals surface area (Å²) >= 11 is 6.14. The number of fused-ring (bicyclic) bond motifs is 1. The van der Waals surface area contributed by atoms with Gasteiger partial charge in [-0.3, -0.25) is 14.9 Å². The average molecular weight is 421 g/mol. The van der Waals surface area contributed by atoms with E-state index in [-0.39, 0.29) is 22.0 Å². The van der Waals surface area contributed by atoms with Gasteiger partial charge in [0.05, 0.1) is 28.7 Å². The lowest BCUT2D eigenvalue weighted by atomic mass is 10.2. The second kappa shape index (κ2) is 8.78. The number of carbonyl (C=O) groups is 2. The number of aryl methyl sites for hydroxylation is 1. The van der Waals surface area contributed by atoms with E-state index in [2.05, 4.69) is 5.32 Å². The number of ether oxygens (including phenoxy) is 3. The van der Waals surface area contributed by atoms with Gasteiger partial charge in [-0.1, -0.05) is 17.7 Å². The number of hydrogen-bond acceptors (Lipinski definition) is 7. The zero-order valence-electron chi connectivity index (χ0n) is 15.4. The Hall–Kier alpha value is -3.33. The van der Waals surface area contributed by atoms with E-state index < -0.39 is 23.4 Å². The maximum atomic E-state index is 12.3. The van der Waals surface area contributed by atoms with E-state index in [4.69, 9.17) is 25.8 Å². The zero-order valence-corrected chi connectivity index (χ0v) is 16.2. The predicted molar refractivity (Wildman–Crippen MR) is 104 cm³/mol. The summed E-state index contributed by atoms with van der Waals surface area (Å²) in [7, 11) is 0. The number of rotatable bonds is 5. The van der Waals surface area contributed by atoms with Gasteiger partial charge in [-0.15, -0.1) is 0 Å². The summed E-state index contributed by atoms with van der Waals surface area (Å²) < 4.78 is 16.0. The number of carbonyl (C=O) groups excluding carboxylic acids is 2. The van der Waals surface area contributed by atoms with Crippen LogP contribution in [0.2, 0.25) is 5.02 Å². The molecule has 152 valence electrons. The van der Waals surface area contributed by atoms with Crippen molar-refractivity contribution in [1.82, 2.24) is 0 Å². The Balaban J connectivity index is 1.63. The predicted octanol–water partition coefficient (Wildman–Crippen LogP) is 3.51. The molecule has 10 heteroatoms. The first kappa shape index (κ1) is 20.4. The highest BCUT2D eigenvalue weighted by atomic mass is 35.5. The molecule has 0 radical (unpaired) electrons. The lowest BCUT2D eigenvalue weighted by Crippen LogP contribution is -2.21. The minimum absolute atomic E-state index is 0.109. The molecule has 3 rings (SSSR count). The minimum atomic E-state index is -0.771. The molecule has 1 aliphatic rings. The Bertz CT molecular complexity index is 977. The van der Waals surface area contributed by atoms with Gasteiger partial charge in [0.2, 0.25) is 0 Å². The third-order valence-corrected chi connectivity index (χ3v) is 4.34. The molecule has 1 amide bonds. The quantitative estimate of drug-likeness (QED) is 0.446. The first-order chi connectivity index (χ1) is 13.8. The van der Waals surface area contributed by atoms with Gasteiger partial charge in [0.15, 0.2) is 18.1 Å². The molecule has 0 aromatic heterocycles. The second-order valence-electron chi connectivity index (χ2n) is 6.22. The van der Waals surface area contributed by atoms with Gasteiger partial charge < -0.3 is 19.5 Å². The van der Waals surface area contributed by atoms with Crippen molar-refractivity contribution in [2.75, 3.05) is 25.1 Å². The van der Waals surface area contributed by atoms with Gasteiger partial charge in [0.25, 0.3) is 11.6 Å². The van der Waals surface area contributed by atoms with Gasteiger partial charge in [0, 0.05) is 23.7 Å². The van der Waals surface area contributed by atoms with Gasteiger partial charge in [-0.2, -0.15) is 0 Å². The maximum absolute atomic E-state index is 12.3. The van der Waals surface area contributed by atoms with E-state index in [9.17, 15) is 19.7 Å². The molecule has 0 fully saturated rings. The van der Waals surface area contributed by atoms with Crippen LogP contribution in [0, 0.1) is 17.0 Å². The van der Waals surface area contributed by atoms with E-state index in [1.807, 2.05) is 0 Å². The van der Waals surface area contributed by atoms with Crippen molar-refractivity contribution < 1.29 is 28.7 Å². The van der Waals surface area contributed by atoms with Crippen LogP contribution in [0.25, 0.3) is 0 Å². The molecular formula is C19H17ClN2O7. The van der Waals surface area contributed by atoms with Crippen molar-refractivity contribution in [3.8, 4) is 11.5 Å². The van der Waals surface area contributed by atoms with Gasteiger partial charge in [-0.05, 0) is 25.1 Å². The van der Waals surface area contributed by atoms with Crippen LogP contribution in [-0.2, 0) is 9.53 Å². The number of nitrogens with zero attached hydrogens (tertiary/aromatic N) is 1. The highest BCUT2D eigenvalue weighted by molar-refractivity contribution is 6.32. The van der Waals surface area contributed by atoms with Crippen LogP contribution in [0.5, 0.6) is 11.5 Å². The molecule has 0 spiro atoms. The molecule has 1 aliphatic heterocycles. The fraction of sp³-hybridized carbons (Fsp3) is 0.263. The Labute approximate surface area is 170 Å². The average Bonchev–Trinajstić information content (AvgIpc) is 2.93. The molecule has 0 bridgehead atoms. The first-order valence-electron chi connectivity index (χ1n) is 8.66. The van der Waals surface area contributed by atoms with Gasteiger partial charge in [-0.25, -0.2) is 4.79 Å². The number of nitro benzene ring substituents is 1. The van der Waals surface area contributed by atoms with Gasteiger partial charge >= 0.3 is 5.97 Å². The number of halogens is 1. The molecule has 0 unspecified atom stereocenters. The summed E-state index contributed by atoms with van der Waals surface area (Å²) in [5.41, 5.74) is 0.673. The third kappa shape index (κ3) is 4.94. The van der Waals surface area contributed by atoms with Crippen molar-refractivity contribution in [2.24, 2.45) is 0 Å². The monoisotopic (exact) mass is 420 g/mol. The Morgan fingerprint density at radius 3 is 2.76 bits per heavy atom. The third-order valence-electron chi connectivity index (χ3n) is 4.06. The number of amides is 1. The zero-order chi connectivity index (χ0) is 21.0. The van der Waals surface area contributed by atoms with Crippen LogP contribution in [0.1, 0.15) is 22.3 Å². The lowest BCUT2D eigenvalue weighted by molar-refractivity contribution is -0.385. The maximum Gasteiger partial charge on any atom is 0.338 e. The smallest absolute Gasteiger partial charge is 0.338 e. The summed E-state index contributed by atoms with van der Waals surface area (Å²) in [4.78, 5) is 34.7. The van der Waals surface area contributed by atoms with E-state index in [1.54, 1.807) is 6.92 Å². The second-order valence-corrected chi connectivity index (χ2v) is 6.63. The summed E-state index contributed by atoms with van der Waals surface area (Å²) in [5, 5.41) is 13.6. The fourth-order valence-corrected chi connectivity index (χ4v) is 2.91. The molecular weight excluding hydrogens is 404 g/mol. The number of nitrogens with one attached hydrogen (secondary N) is 1. The highest BCUT2D eigenvalue weighted by Crippen LogP contribution is 2.38. The van der Waals surface area contributed by atoms with Crippen LogP contribution in [-0.4, -0.2) is 36.6 Å². The van der Waals surface area contributed by atoms with Crippen LogP contribution < -0.4 is 14.8 Å². The SMILES string of the molecule is Cc1ccc(NC(=O)COC(=O)c2cc(Cl)c3c(c2)OCCCO3)cc1[N+](=O)[O-]. The topological polar surface area (TPSA) is 117 Å². The van der Waals surface area contributed by atoms with E-state index in [1.165, 1.54) is 30.3 Å². The highest BCUT2D eigenvalue weighted by Gasteiger charge is 2.20. The number of benzene rings is 2. The molecule has 29 heavy (non-hydrogen) atoms. The molecule has 0 atom stereocenters. The van der Waals surface area contributed by atoms with Crippen LogP contribution in [0.15, 0.2) is 30.3 Å². The Kier molecular flexibility index (Phi) is 6.18. The molecule has 0 saturated carbocycles. The summed E-state index contributed by atoms with van der Waals surface area (Å²) in [6.07, 6.45) is 0.683. The summed E-state index contributed by atoms with van der Waals surface area (Å²) in [5.74, 6) is -0.720. The Morgan fingerprint density at radius 2 is 2.00 bits per heavy atom. The van der Waals surface area contributed by atoms with Gasteiger partial charge in [0.1, 0.15) is 0 Å². The van der Waals surface area contributed by atoms with Crippen LogP contribution in [0.3, 0.4) is 0 Å². The minimum Gasteiger partial charge on any atom is -0.489 e. The molecule has 1 N–H and O–H groups in total. The van der Waals surface area contributed by atoms with Crippen LogP contribution in [0.4, 0.5) is 11.4 Å². The summed E-state index contributed by atoms with van der Waals surface area (Å²) in [6, 6.07) is 7.08. The molecule has 2 aromatic carbocycles. The summed E-state index contributed by atoms with van der Waals surface area (Å²) in [6.45, 7) is 1.89. The first-order valence-corrected chi connectivity index (χ1v) is 9.04. The van der Waals surface area contributed by atoms with E-state index >= 15 is 0 Å². The largest absolute Gasteiger partial charge is 0.489 e. The molecule has 0 saturated heterocycles. The van der Waals surface area contributed by atoms with E-state index in [0.29, 0.717) is 36.7 Å². The number of anilines is 1. The number of hydrogen-bond donors (Lipinski definition) is 1. The van der Waals surface area contributed by atoms with Crippen molar-refractivity contribution >= 4 is 34.9 Å².